The molecule has 0 fully saturated rings. The molecular formula is C118H86B3N3O3Si3. The number of aryl methyl sites for hydroxylation is 4. The third-order valence-corrected chi connectivity index (χ3v) is 43.2. The van der Waals surface area contributed by atoms with Crippen molar-refractivity contribution in [2.24, 2.45) is 0 Å². The van der Waals surface area contributed by atoms with E-state index in [1.165, 1.54) is 95.2 Å². The minimum atomic E-state index is -3.46. The van der Waals surface area contributed by atoms with Crippen molar-refractivity contribution in [3.63, 3.8) is 0 Å². The Morgan fingerprint density at radius 2 is 0.438 bits per heavy atom. The van der Waals surface area contributed by atoms with Crippen LogP contribution in [0.15, 0.2) is 449 Å². The molecule has 0 radical (unpaired) electrons. The molecular weight excluding hydrogens is 1620 g/mol. The van der Waals surface area contributed by atoms with Gasteiger partial charge >= 0.3 is 0 Å². The number of fused-ring (bicyclic) bond motifs is 12. The van der Waals surface area contributed by atoms with Crippen molar-refractivity contribution in [2.45, 2.75) is 27.7 Å². The predicted octanol–water partition coefficient (Wildman–Crippen LogP) is 14.3. The van der Waals surface area contributed by atoms with Gasteiger partial charge in [0.25, 0.3) is 20.1 Å². The number of hydrogen-bond donors (Lipinski definition) is 0. The lowest BCUT2D eigenvalue weighted by Gasteiger charge is -2.48. The molecule has 0 aromatic heterocycles. The molecule has 19 aromatic carbocycles. The average Bonchev–Trinajstić information content (AvgIpc) is 0.671. The largest absolute Gasteiger partial charge is 0.458 e. The molecule has 0 unspecified atom stereocenters. The van der Waals surface area contributed by atoms with E-state index in [0.29, 0.717) is 0 Å². The first-order chi connectivity index (χ1) is 64.2. The highest BCUT2D eigenvalue weighted by Crippen LogP contribution is 2.51. The Labute approximate surface area is 763 Å². The van der Waals surface area contributed by atoms with Gasteiger partial charge in [-0.1, -0.05) is 376 Å². The van der Waals surface area contributed by atoms with Gasteiger partial charge in [-0.3, -0.25) is 0 Å². The third-order valence-electron chi connectivity index (χ3n) is 28.9. The Balaban J connectivity index is 0.824. The molecule has 25 rings (SSSR count). The highest BCUT2D eigenvalue weighted by molar-refractivity contribution is 7.21. The summed E-state index contributed by atoms with van der Waals surface area (Å²) in [5.41, 5.74) is 24.8. The summed E-state index contributed by atoms with van der Waals surface area (Å²) in [6.45, 7) is 8.20. The molecule has 0 atom stereocenters. The molecule has 12 heteroatoms. The average molecular weight is 1710 g/mol. The van der Waals surface area contributed by atoms with Gasteiger partial charge in [-0.25, -0.2) is 0 Å². The molecule has 6 nitrogen and oxygen atoms in total. The summed E-state index contributed by atoms with van der Waals surface area (Å²) in [5, 5.41) is 15.2. The van der Waals surface area contributed by atoms with E-state index in [4.69, 9.17) is 14.2 Å². The highest BCUT2D eigenvalue weighted by Gasteiger charge is 2.55. The normalized spacial score (nSPS) is 13.3. The second-order valence-electron chi connectivity index (χ2n) is 35.7. The maximum Gasteiger partial charge on any atom is 0.260 e. The van der Waals surface area contributed by atoms with Gasteiger partial charge in [-0.15, -0.1) is 0 Å². The minimum absolute atomic E-state index is 0.301. The van der Waals surface area contributed by atoms with Crippen LogP contribution in [0.2, 0.25) is 0 Å². The SMILES string of the molecule is Cc1ccccc1N1c2cc3c(cc2B2c4cc5c(cc4N(c4ccccc4C)c4cc([Si](c6ccccc6)(c6ccccc6)c6ccccc6)cc1c42)N(c1c(C)cccc1C)c1cc([Si](c2ccccc2)(c2ccccc2)c2ccccc2)cc2c1B5c1ccccc1O2)B1c2ccccc2Oc2cc([Si](c4ccccc4)(c4ccccc4)c4ccccc4)cc(c21)O3. The molecule has 6 aliphatic heterocycles. The lowest BCUT2D eigenvalue weighted by atomic mass is 9.29. The quantitative estimate of drug-likeness (QED) is 0.0752. The lowest BCUT2D eigenvalue weighted by molar-refractivity contribution is 0.465. The summed E-state index contributed by atoms with van der Waals surface area (Å²) in [6, 6.07) is 171. The van der Waals surface area contributed by atoms with Crippen LogP contribution >= 0.6 is 0 Å². The molecule has 0 N–H and O–H groups in total. The topological polar surface area (TPSA) is 37.4 Å². The molecule has 0 spiro atoms. The Morgan fingerprint density at radius 3 is 0.815 bits per heavy atom. The van der Waals surface area contributed by atoms with Gasteiger partial charge in [-0.2, -0.15) is 0 Å². The molecule has 130 heavy (non-hydrogen) atoms. The molecule has 6 heterocycles. The number of benzene rings is 19. The van der Waals surface area contributed by atoms with Crippen molar-refractivity contribution in [3.05, 3.63) is 471 Å². The molecule has 6 aliphatic rings. The van der Waals surface area contributed by atoms with Gasteiger partial charge in [-0.05, 0) is 223 Å². The minimum Gasteiger partial charge on any atom is -0.458 e. The lowest BCUT2D eigenvalue weighted by Crippen LogP contribution is -2.75. The van der Waals surface area contributed by atoms with Crippen molar-refractivity contribution < 1.29 is 14.2 Å². The van der Waals surface area contributed by atoms with E-state index in [1.54, 1.807) is 0 Å². The zero-order valence-corrected chi connectivity index (χ0v) is 75.5. The smallest absolute Gasteiger partial charge is 0.260 e. The number of para-hydroxylation sites is 5. The van der Waals surface area contributed by atoms with Gasteiger partial charge in [0.15, 0.2) is 24.2 Å². The van der Waals surface area contributed by atoms with Crippen LogP contribution in [0.4, 0.5) is 51.2 Å². The van der Waals surface area contributed by atoms with E-state index in [0.717, 1.165) is 124 Å². The number of nitrogens with zero attached hydrogens (tertiary/aromatic N) is 3. The number of rotatable bonds is 15. The van der Waals surface area contributed by atoms with Crippen LogP contribution in [0.25, 0.3) is 0 Å². The number of anilines is 9. The van der Waals surface area contributed by atoms with Gasteiger partial charge in [0.05, 0.1) is 5.69 Å². The predicted molar refractivity (Wildman–Crippen MR) is 554 cm³/mol. The second kappa shape index (κ2) is 30.5. The molecule has 19 aromatic rings. The fourth-order valence-electron chi connectivity index (χ4n) is 23.5. The first-order valence-corrected chi connectivity index (χ1v) is 51.4. The Hall–Kier alpha value is -15.2. The molecule has 0 aliphatic carbocycles. The summed E-state index contributed by atoms with van der Waals surface area (Å²) in [6.07, 6.45) is 0. The Morgan fingerprint density at radius 1 is 0.169 bits per heavy atom. The van der Waals surface area contributed by atoms with Crippen LogP contribution in [-0.2, 0) is 0 Å². The zero-order valence-electron chi connectivity index (χ0n) is 72.5. The van der Waals surface area contributed by atoms with Gasteiger partial charge in [0, 0.05) is 57.0 Å². The molecule has 0 saturated heterocycles. The summed E-state index contributed by atoms with van der Waals surface area (Å²) < 4.78 is 23.4. The van der Waals surface area contributed by atoms with Crippen LogP contribution in [0, 0.1) is 27.7 Å². The van der Waals surface area contributed by atoms with Crippen molar-refractivity contribution in [2.75, 3.05) is 14.7 Å². The van der Waals surface area contributed by atoms with E-state index < -0.39 is 30.9 Å². The van der Waals surface area contributed by atoms with E-state index in [1.807, 2.05) is 0 Å². The molecule has 0 amide bonds. The molecule has 0 saturated carbocycles. The fraction of sp³-hybridized carbons (Fsp3) is 0.0339. The van der Waals surface area contributed by atoms with Crippen LogP contribution in [-0.4, -0.2) is 44.4 Å². The monoisotopic (exact) mass is 1710 g/mol. The van der Waals surface area contributed by atoms with Crippen LogP contribution in [0.5, 0.6) is 34.5 Å². The van der Waals surface area contributed by atoms with E-state index >= 15 is 0 Å². The summed E-state index contributed by atoms with van der Waals surface area (Å²) in [4.78, 5) is 8.04. The van der Waals surface area contributed by atoms with Crippen molar-refractivity contribution in [1.82, 2.24) is 0 Å². The summed E-state index contributed by atoms with van der Waals surface area (Å²) >= 11 is 0. The summed E-state index contributed by atoms with van der Waals surface area (Å²) in [5.74, 6) is 4.94. The van der Waals surface area contributed by atoms with E-state index in [-0.39, 0.29) is 13.4 Å². The maximum atomic E-state index is 8.13. The number of ether oxygens (including phenoxy) is 3. The van der Waals surface area contributed by atoms with Crippen LogP contribution in [0.1, 0.15) is 22.3 Å². The Kier molecular flexibility index (Phi) is 18.1. The fourth-order valence-corrected chi connectivity index (χ4v) is 37.8. The van der Waals surface area contributed by atoms with E-state index in [9.17, 15) is 0 Å². The number of hydrogen-bond acceptors (Lipinski definition) is 6. The van der Waals surface area contributed by atoms with E-state index in [2.05, 4.69) is 491 Å². The molecule has 0 bridgehead atoms. The molecule has 612 valence electrons. The summed E-state index contributed by atoms with van der Waals surface area (Å²) in [7, 11) is -9.94. The van der Waals surface area contributed by atoms with Crippen molar-refractivity contribution >= 4 is 207 Å². The van der Waals surface area contributed by atoms with Crippen LogP contribution in [0.3, 0.4) is 0 Å². The first kappa shape index (κ1) is 77.2. The third kappa shape index (κ3) is 11.5. The van der Waals surface area contributed by atoms with Crippen molar-refractivity contribution in [3.8, 4) is 34.5 Å². The van der Waals surface area contributed by atoms with Crippen LogP contribution < -0.4 is 140 Å². The highest BCUT2D eigenvalue weighted by atomic mass is 28.3. The van der Waals surface area contributed by atoms with Gasteiger partial charge in [0.2, 0.25) is 0 Å². The van der Waals surface area contributed by atoms with Gasteiger partial charge < -0.3 is 28.9 Å². The maximum absolute atomic E-state index is 8.13. The zero-order chi connectivity index (χ0) is 86.5. The van der Waals surface area contributed by atoms with Gasteiger partial charge in [0.1, 0.15) is 34.5 Å². The first-order valence-electron chi connectivity index (χ1n) is 45.4. The van der Waals surface area contributed by atoms with Crippen molar-refractivity contribution in [1.29, 1.82) is 0 Å². The standard InChI is InChI=1S/C118H86B3N3O3Si3/c1-79-41-32-36-65-101(79)122-103-77-104-98(119-95-63-34-38-67-109(95)125-112-72-93(71-108(116(112)119)124(104)118-81(3)43-40-44-82(118)4)129(86-51-20-8-21-52-86,87-53-22-9-23-54-87)88-55-24-10-25-56-88)75-97(103)121-99-76-100-111(127-114-74-94(73-113-117(114)120(100)96-64-35-39-68-110(96)126-113)130(89-57-26-11-27-58-89,90-59-28-12-29-60-90)91-61-30-13-31-62-91)78-105(99)123(102-66-37-33-42-80(102)2)107-70-92(69-106(122)115(107)121)128(83-45-14-5-15-46-83,84-47-16-6-17-48-84)85-49-18-7-19-50-85/h5-78H,1-4H3. The second-order valence-corrected chi connectivity index (χ2v) is 47.1. The Bertz CT molecular complexity index is 7430.